The number of aryl methyl sites for hydroxylation is 1. The van der Waals surface area contributed by atoms with Crippen LogP contribution < -0.4 is 10.2 Å². The Balaban J connectivity index is 1.82. The third-order valence-corrected chi connectivity index (χ3v) is 5.08. The average Bonchev–Trinajstić information content (AvgIpc) is 2.65. The van der Waals surface area contributed by atoms with E-state index in [9.17, 15) is 18.4 Å². The molecule has 0 unspecified atom stereocenters. The van der Waals surface area contributed by atoms with Crippen molar-refractivity contribution in [3.63, 3.8) is 0 Å². The zero-order valence-corrected chi connectivity index (χ0v) is 18.5. The van der Waals surface area contributed by atoms with Gasteiger partial charge in [0, 0.05) is 26.1 Å². The molecule has 0 aromatic heterocycles. The number of nitrogens with one attached hydrogen (secondary N) is 1. The molecule has 1 fully saturated rings. The quantitative estimate of drug-likeness (QED) is 0.684. The number of rotatable bonds is 5. The number of carbonyl (C=O) groups excluding carboxylic acids is 2. The van der Waals surface area contributed by atoms with Crippen LogP contribution in [0.2, 0.25) is 0 Å². The number of hydrogen-bond acceptors (Lipinski definition) is 2. The smallest absolute Gasteiger partial charge is 0.324 e. The van der Waals surface area contributed by atoms with E-state index in [1.807, 2.05) is 45.9 Å². The maximum atomic E-state index is 13.6. The molecule has 1 saturated heterocycles. The predicted molar refractivity (Wildman–Crippen MR) is 118 cm³/mol. The number of halogens is 2. The van der Waals surface area contributed by atoms with Gasteiger partial charge in [-0.15, -0.1) is 0 Å². The summed E-state index contributed by atoms with van der Waals surface area (Å²) in [7, 11) is 0. The largest absolute Gasteiger partial charge is 0.324 e. The second kappa shape index (κ2) is 9.04. The van der Waals surface area contributed by atoms with Gasteiger partial charge in [0.2, 0.25) is 5.91 Å². The summed E-state index contributed by atoms with van der Waals surface area (Å²) >= 11 is 0. The number of benzene rings is 2. The van der Waals surface area contributed by atoms with Gasteiger partial charge in [-0.2, -0.15) is 0 Å². The van der Waals surface area contributed by atoms with Gasteiger partial charge in [0.15, 0.2) is 11.6 Å². The SMILES string of the molecule is Cc1ccc(N2CCCN(Cc3ccc(F)c(F)c3)C2=O)c(NC(=O)CC(C)(C)C)c1. The number of amides is 3. The summed E-state index contributed by atoms with van der Waals surface area (Å²) in [5.41, 5.74) is 2.57. The van der Waals surface area contributed by atoms with Crippen molar-refractivity contribution in [3.8, 4) is 0 Å². The van der Waals surface area contributed by atoms with Crippen LogP contribution in [0.15, 0.2) is 36.4 Å². The summed E-state index contributed by atoms with van der Waals surface area (Å²) < 4.78 is 26.8. The minimum atomic E-state index is -0.929. The van der Waals surface area contributed by atoms with E-state index in [4.69, 9.17) is 0 Å². The third kappa shape index (κ3) is 5.81. The topological polar surface area (TPSA) is 52.6 Å². The van der Waals surface area contributed by atoms with Crippen LogP contribution in [-0.2, 0) is 11.3 Å². The Morgan fingerprint density at radius 2 is 1.81 bits per heavy atom. The van der Waals surface area contributed by atoms with Crippen LogP contribution in [0.1, 0.15) is 44.7 Å². The Morgan fingerprint density at radius 1 is 1.06 bits per heavy atom. The predicted octanol–water partition coefficient (Wildman–Crippen LogP) is 5.48. The standard InChI is InChI=1S/C24H29F2N3O2/c1-16-6-9-21(20(12-16)27-22(30)14-24(2,3)4)29-11-5-10-28(23(29)31)15-17-7-8-18(25)19(26)13-17/h6-9,12-13H,5,10-11,14-15H2,1-4H3,(H,27,30). The monoisotopic (exact) mass is 429 g/mol. The minimum Gasteiger partial charge on any atom is -0.324 e. The summed E-state index contributed by atoms with van der Waals surface area (Å²) in [6, 6.07) is 9.03. The van der Waals surface area contributed by atoms with Gasteiger partial charge in [-0.25, -0.2) is 13.6 Å². The fourth-order valence-corrected chi connectivity index (χ4v) is 3.67. The molecule has 0 bridgehead atoms. The van der Waals surface area contributed by atoms with Crippen molar-refractivity contribution < 1.29 is 18.4 Å². The summed E-state index contributed by atoms with van der Waals surface area (Å²) in [6.07, 6.45) is 1.08. The lowest BCUT2D eigenvalue weighted by Gasteiger charge is -2.36. The number of anilines is 2. The van der Waals surface area contributed by atoms with Gasteiger partial charge < -0.3 is 10.2 Å². The van der Waals surface area contributed by atoms with Crippen LogP contribution in [0, 0.1) is 24.0 Å². The Labute approximate surface area is 182 Å². The average molecular weight is 430 g/mol. The number of hydrogen-bond donors (Lipinski definition) is 1. The zero-order valence-electron chi connectivity index (χ0n) is 18.5. The maximum absolute atomic E-state index is 13.6. The molecule has 5 nitrogen and oxygen atoms in total. The van der Waals surface area contributed by atoms with Crippen LogP contribution in [-0.4, -0.2) is 29.9 Å². The van der Waals surface area contributed by atoms with Gasteiger partial charge >= 0.3 is 6.03 Å². The molecule has 31 heavy (non-hydrogen) atoms. The maximum Gasteiger partial charge on any atom is 0.324 e. The highest BCUT2D eigenvalue weighted by molar-refractivity contribution is 6.01. The lowest BCUT2D eigenvalue weighted by molar-refractivity contribution is -0.117. The first-order valence-corrected chi connectivity index (χ1v) is 10.4. The van der Waals surface area contributed by atoms with Gasteiger partial charge in [-0.05, 0) is 54.2 Å². The van der Waals surface area contributed by atoms with Crippen molar-refractivity contribution in [1.29, 1.82) is 0 Å². The molecule has 1 aliphatic rings. The number of carbonyl (C=O) groups is 2. The lowest BCUT2D eigenvalue weighted by Crippen LogP contribution is -2.49. The van der Waals surface area contributed by atoms with Crippen LogP contribution in [0.3, 0.4) is 0 Å². The molecule has 1 N–H and O–H groups in total. The van der Waals surface area contributed by atoms with E-state index in [1.54, 1.807) is 9.80 Å². The Bertz CT molecular complexity index is 985. The second-order valence-electron chi connectivity index (χ2n) is 9.26. The molecule has 3 amide bonds. The first-order chi connectivity index (χ1) is 14.5. The molecule has 2 aromatic rings. The highest BCUT2D eigenvalue weighted by Crippen LogP contribution is 2.31. The normalized spacial score (nSPS) is 14.7. The van der Waals surface area contributed by atoms with E-state index in [-0.39, 0.29) is 23.9 Å². The van der Waals surface area contributed by atoms with Crippen molar-refractivity contribution in [3.05, 3.63) is 59.2 Å². The van der Waals surface area contributed by atoms with E-state index in [2.05, 4.69) is 5.32 Å². The second-order valence-corrected chi connectivity index (χ2v) is 9.26. The molecule has 7 heteroatoms. The summed E-state index contributed by atoms with van der Waals surface area (Å²) in [5, 5.41) is 2.96. The van der Waals surface area contributed by atoms with Crippen molar-refractivity contribution in [2.24, 2.45) is 5.41 Å². The van der Waals surface area contributed by atoms with E-state index in [0.717, 1.165) is 24.1 Å². The molecular formula is C24H29F2N3O2. The number of nitrogens with zero attached hydrogens (tertiary/aromatic N) is 2. The molecule has 1 aliphatic heterocycles. The Kier molecular flexibility index (Phi) is 6.62. The van der Waals surface area contributed by atoms with Gasteiger partial charge in [0.25, 0.3) is 0 Å². The van der Waals surface area contributed by atoms with Gasteiger partial charge in [-0.1, -0.05) is 32.9 Å². The van der Waals surface area contributed by atoms with Crippen LogP contribution in [0.5, 0.6) is 0 Å². The molecule has 0 radical (unpaired) electrons. The van der Waals surface area contributed by atoms with Crippen molar-refractivity contribution >= 4 is 23.3 Å². The minimum absolute atomic E-state index is 0.109. The highest BCUT2D eigenvalue weighted by atomic mass is 19.2. The summed E-state index contributed by atoms with van der Waals surface area (Å²) in [5.74, 6) is -1.95. The van der Waals surface area contributed by atoms with Gasteiger partial charge in [0.05, 0.1) is 11.4 Å². The fourth-order valence-electron chi connectivity index (χ4n) is 3.67. The van der Waals surface area contributed by atoms with E-state index < -0.39 is 11.6 Å². The third-order valence-electron chi connectivity index (χ3n) is 5.08. The van der Waals surface area contributed by atoms with Crippen molar-refractivity contribution in [2.45, 2.75) is 47.1 Å². The van der Waals surface area contributed by atoms with Crippen molar-refractivity contribution in [1.82, 2.24) is 4.90 Å². The summed E-state index contributed by atoms with van der Waals surface area (Å²) in [6.45, 7) is 9.13. The molecule has 0 aliphatic carbocycles. The first-order valence-electron chi connectivity index (χ1n) is 10.4. The molecule has 1 heterocycles. The zero-order chi connectivity index (χ0) is 22.8. The molecule has 2 aromatic carbocycles. The molecule has 0 atom stereocenters. The van der Waals surface area contributed by atoms with Crippen molar-refractivity contribution in [2.75, 3.05) is 23.3 Å². The molecule has 166 valence electrons. The molecule has 3 rings (SSSR count). The molecule has 0 saturated carbocycles. The van der Waals surface area contributed by atoms with E-state index in [0.29, 0.717) is 36.4 Å². The van der Waals surface area contributed by atoms with Gasteiger partial charge in [0.1, 0.15) is 0 Å². The van der Waals surface area contributed by atoms with Crippen LogP contribution >= 0.6 is 0 Å². The van der Waals surface area contributed by atoms with E-state index >= 15 is 0 Å². The molecule has 0 spiro atoms. The summed E-state index contributed by atoms with van der Waals surface area (Å²) in [4.78, 5) is 29.0. The highest BCUT2D eigenvalue weighted by Gasteiger charge is 2.29. The first kappa shape index (κ1) is 22.7. The van der Waals surface area contributed by atoms with Crippen LogP contribution in [0.4, 0.5) is 25.0 Å². The Morgan fingerprint density at radius 3 is 2.48 bits per heavy atom. The fraction of sp³-hybridized carbons (Fsp3) is 0.417. The Hall–Kier alpha value is -2.96. The number of urea groups is 1. The lowest BCUT2D eigenvalue weighted by atomic mass is 9.92. The van der Waals surface area contributed by atoms with Gasteiger partial charge in [-0.3, -0.25) is 9.69 Å². The van der Waals surface area contributed by atoms with E-state index in [1.165, 1.54) is 6.07 Å². The molecular weight excluding hydrogens is 400 g/mol. The van der Waals surface area contributed by atoms with Crippen LogP contribution in [0.25, 0.3) is 0 Å².